The van der Waals surface area contributed by atoms with Gasteiger partial charge in [-0.25, -0.2) is 9.97 Å². The number of likely N-dealkylation sites (tertiary alicyclic amines) is 1. The molecule has 5 heteroatoms. The van der Waals surface area contributed by atoms with Gasteiger partial charge in [0.15, 0.2) is 0 Å². The highest BCUT2D eigenvalue weighted by molar-refractivity contribution is 6.32. The average molecular weight is 303 g/mol. The lowest BCUT2D eigenvalue weighted by molar-refractivity contribution is 0.319. The minimum atomic E-state index is 0.362. The van der Waals surface area contributed by atoms with Gasteiger partial charge < -0.3 is 5.32 Å². The molecular formula is C16H19ClN4. The van der Waals surface area contributed by atoms with E-state index < -0.39 is 0 Å². The van der Waals surface area contributed by atoms with E-state index in [2.05, 4.69) is 57.4 Å². The number of halogens is 1. The molecule has 0 spiro atoms. The lowest BCUT2D eigenvalue weighted by atomic mass is 10.1. The predicted octanol–water partition coefficient (Wildman–Crippen LogP) is 3.06. The topological polar surface area (TPSA) is 41.0 Å². The fourth-order valence-corrected chi connectivity index (χ4v) is 2.98. The maximum atomic E-state index is 6.12. The highest BCUT2D eigenvalue weighted by Crippen LogP contribution is 2.24. The molecule has 1 N–H and O–H groups in total. The van der Waals surface area contributed by atoms with E-state index in [0.717, 1.165) is 25.5 Å². The number of anilines is 1. The largest absolute Gasteiger partial charge is 0.364 e. The lowest BCUT2D eigenvalue weighted by Crippen LogP contribution is -2.28. The molecule has 1 aliphatic heterocycles. The molecule has 21 heavy (non-hydrogen) atoms. The smallest absolute Gasteiger partial charge is 0.148 e. The highest BCUT2D eigenvalue weighted by atomic mass is 35.5. The van der Waals surface area contributed by atoms with E-state index in [1.165, 1.54) is 11.9 Å². The SMILES string of the molecule is CC1CN(Cc2ccccc2)CC1Nc1ncncc1Cl. The zero-order chi connectivity index (χ0) is 14.7. The zero-order valence-electron chi connectivity index (χ0n) is 12.0. The Balaban J connectivity index is 1.62. The zero-order valence-corrected chi connectivity index (χ0v) is 12.8. The van der Waals surface area contributed by atoms with Crippen LogP contribution in [0.2, 0.25) is 5.02 Å². The van der Waals surface area contributed by atoms with Gasteiger partial charge >= 0.3 is 0 Å². The van der Waals surface area contributed by atoms with Gasteiger partial charge in [0, 0.05) is 25.7 Å². The van der Waals surface area contributed by atoms with E-state index in [-0.39, 0.29) is 0 Å². The van der Waals surface area contributed by atoms with E-state index >= 15 is 0 Å². The van der Waals surface area contributed by atoms with Crippen LogP contribution in [-0.2, 0) is 6.54 Å². The van der Waals surface area contributed by atoms with E-state index in [4.69, 9.17) is 11.6 Å². The van der Waals surface area contributed by atoms with E-state index in [9.17, 15) is 0 Å². The molecule has 1 aromatic carbocycles. The molecule has 0 aliphatic carbocycles. The van der Waals surface area contributed by atoms with E-state index in [0.29, 0.717) is 17.0 Å². The van der Waals surface area contributed by atoms with E-state index in [1.54, 1.807) is 6.20 Å². The summed E-state index contributed by atoms with van der Waals surface area (Å²) in [5.41, 5.74) is 1.35. The summed E-state index contributed by atoms with van der Waals surface area (Å²) < 4.78 is 0. The summed E-state index contributed by atoms with van der Waals surface area (Å²) >= 11 is 6.12. The molecule has 2 heterocycles. The van der Waals surface area contributed by atoms with Crippen LogP contribution in [0.25, 0.3) is 0 Å². The van der Waals surface area contributed by atoms with Crippen LogP contribution >= 0.6 is 11.6 Å². The third kappa shape index (κ3) is 3.52. The number of nitrogens with zero attached hydrogens (tertiary/aromatic N) is 3. The van der Waals surface area contributed by atoms with E-state index in [1.807, 2.05) is 0 Å². The first-order valence-corrected chi connectivity index (χ1v) is 7.58. The molecule has 1 saturated heterocycles. The highest BCUT2D eigenvalue weighted by Gasteiger charge is 2.30. The number of rotatable bonds is 4. The Hall–Kier alpha value is -1.65. The molecule has 0 radical (unpaired) electrons. The van der Waals surface area contributed by atoms with Crippen LogP contribution in [-0.4, -0.2) is 34.0 Å². The predicted molar refractivity (Wildman–Crippen MR) is 85.3 cm³/mol. The van der Waals surface area contributed by atoms with Gasteiger partial charge in [-0.3, -0.25) is 4.90 Å². The molecule has 1 aromatic heterocycles. The minimum Gasteiger partial charge on any atom is -0.364 e. The summed E-state index contributed by atoms with van der Waals surface area (Å²) in [7, 11) is 0. The van der Waals surface area contributed by atoms with Gasteiger partial charge in [0.05, 0.1) is 6.20 Å². The van der Waals surface area contributed by atoms with Crippen LogP contribution in [0.5, 0.6) is 0 Å². The van der Waals surface area contributed by atoms with Crippen molar-refractivity contribution in [2.45, 2.75) is 19.5 Å². The number of aromatic nitrogens is 2. The molecule has 3 rings (SSSR count). The second-order valence-corrected chi connectivity index (χ2v) is 6.03. The van der Waals surface area contributed by atoms with Crippen molar-refractivity contribution in [3.8, 4) is 0 Å². The number of nitrogens with one attached hydrogen (secondary N) is 1. The first-order chi connectivity index (χ1) is 10.2. The van der Waals surface area contributed by atoms with Gasteiger partial charge in [0.1, 0.15) is 17.2 Å². The maximum Gasteiger partial charge on any atom is 0.148 e. The Kier molecular flexibility index (Phi) is 4.36. The first-order valence-electron chi connectivity index (χ1n) is 7.20. The van der Waals surface area contributed by atoms with Crippen LogP contribution in [0.1, 0.15) is 12.5 Å². The van der Waals surface area contributed by atoms with Crippen LogP contribution in [0.15, 0.2) is 42.9 Å². The Labute approximate surface area is 130 Å². The van der Waals surface area contributed by atoms with Crippen molar-refractivity contribution in [2.24, 2.45) is 5.92 Å². The van der Waals surface area contributed by atoms with Crippen molar-refractivity contribution in [2.75, 3.05) is 18.4 Å². The summed E-state index contributed by atoms with van der Waals surface area (Å²) in [4.78, 5) is 10.6. The quantitative estimate of drug-likeness (QED) is 0.942. The fraction of sp³-hybridized carbons (Fsp3) is 0.375. The summed E-state index contributed by atoms with van der Waals surface area (Å²) in [6.07, 6.45) is 3.15. The number of hydrogen-bond donors (Lipinski definition) is 1. The van der Waals surface area contributed by atoms with Crippen molar-refractivity contribution in [3.63, 3.8) is 0 Å². The summed E-state index contributed by atoms with van der Waals surface area (Å²) in [6, 6.07) is 10.9. The molecule has 110 valence electrons. The van der Waals surface area contributed by atoms with Crippen LogP contribution < -0.4 is 5.32 Å². The van der Waals surface area contributed by atoms with Crippen molar-refractivity contribution in [1.29, 1.82) is 0 Å². The Morgan fingerprint density at radius 1 is 1.29 bits per heavy atom. The molecule has 4 nitrogen and oxygen atoms in total. The van der Waals surface area contributed by atoms with Crippen LogP contribution in [0, 0.1) is 5.92 Å². The Bertz CT molecular complexity index is 590. The third-order valence-electron chi connectivity index (χ3n) is 3.93. The first kappa shape index (κ1) is 14.3. The lowest BCUT2D eigenvalue weighted by Gasteiger charge is -2.18. The molecule has 1 fully saturated rings. The Morgan fingerprint density at radius 3 is 2.86 bits per heavy atom. The Morgan fingerprint density at radius 2 is 2.10 bits per heavy atom. The standard InChI is InChI=1S/C16H19ClN4/c1-12-8-21(9-13-5-3-2-4-6-13)10-15(12)20-16-14(17)7-18-11-19-16/h2-7,11-12,15H,8-10H2,1H3,(H,18,19,20). The second kappa shape index (κ2) is 6.41. The minimum absolute atomic E-state index is 0.362. The van der Waals surface area contributed by atoms with Gasteiger partial charge in [-0.05, 0) is 11.5 Å². The summed E-state index contributed by atoms with van der Waals surface area (Å²) in [5, 5.41) is 4.03. The van der Waals surface area contributed by atoms with Gasteiger partial charge in [0.25, 0.3) is 0 Å². The molecule has 2 atom stereocenters. The molecule has 1 aliphatic rings. The van der Waals surface area contributed by atoms with Crippen molar-refractivity contribution in [3.05, 3.63) is 53.4 Å². The molecule has 0 bridgehead atoms. The van der Waals surface area contributed by atoms with Gasteiger partial charge in [-0.15, -0.1) is 0 Å². The molecule has 2 unspecified atom stereocenters. The third-order valence-corrected chi connectivity index (χ3v) is 4.20. The average Bonchev–Trinajstić information content (AvgIpc) is 2.82. The summed E-state index contributed by atoms with van der Waals surface area (Å²) in [5.74, 6) is 1.28. The van der Waals surface area contributed by atoms with Crippen molar-refractivity contribution in [1.82, 2.24) is 14.9 Å². The van der Waals surface area contributed by atoms with Crippen molar-refractivity contribution >= 4 is 17.4 Å². The fourth-order valence-electron chi connectivity index (χ4n) is 2.82. The molecule has 0 saturated carbocycles. The van der Waals surface area contributed by atoms with Gasteiger partial charge in [0.2, 0.25) is 0 Å². The second-order valence-electron chi connectivity index (χ2n) is 5.63. The summed E-state index contributed by atoms with van der Waals surface area (Å²) in [6.45, 7) is 5.32. The van der Waals surface area contributed by atoms with Gasteiger partial charge in [-0.1, -0.05) is 48.9 Å². The number of hydrogen-bond acceptors (Lipinski definition) is 4. The maximum absolute atomic E-state index is 6.12. The van der Waals surface area contributed by atoms with Gasteiger partial charge in [-0.2, -0.15) is 0 Å². The van der Waals surface area contributed by atoms with Crippen LogP contribution in [0.3, 0.4) is 0 Å². The molecule has 2 aromatic rings. The normalized spacial score (nSPS) is 22.4. The molecular weight excluding hydrogens is 284 g/mol. The molecule has 0 amide bonds. The van der Waals surface area contributed by atoms with Crippen LogP contribution in [0.4, 0.5) is 5.82 Å². The van der Waals surface area contributed by atoms with Crippen molar-refractivity contribution < 1.29 is 0 Å². The monoisotopic (exact) mass is 302 g/mol. The number of benzene rings is 1.